The molecule has 2 heterocycles. The van der Waals surface area contributed by atoms with Crippen molar-refractivity contribution in [3.05, 3.63) is 53.1 Å². The SMILES string of the molecule is COc1ccc(CNC(=O)C2CCN(c3nc4ccc(Cl)cc4[nH]3)CC2)cc1. The Kier molecular flexibility index (Phi) is 5.39. The van der Waals surface area contributed by atoms with Crippen LogP contribution in [0.4, 0.5) is 5.95 Å². The second-order valence-corrected chi connectivity index (χ2v) is 7.49. The molecule has 0 radical (unpaired) electrons. The fraction of sp³-hybridized carbons (Fsp3) is 0.333. The summed E-state index contributed by atoms with van der Waals surface area (Å²) in [4.78, 5) is 22.7. The van der Waals surface area contributed by atoms with Crippen LogP contribution in [0.5, 0.6) is 5.75 Å². The summed E-state index contributed by atoms with van der Waals surface area (Å²) < 4.78 is 5.16. The molecule has 2 N–H and O–H groups in total. The van der Waals surface area contributed by atoms with Gasteiger partial charge in [0, 0.05) is 30.6 Å². The van der Waals surface area contributed by atoms with E-state index in [2.05, 4.69) is 20.2 Å². The van der Waals surface area contributed by atoms with Crippen LogP contribution < -0.4 is 15.0 Å². The normalized spacial score (nSPS) is 15.0. The van der Waals surface area contributed by atoms with Crippen LogP contribution in [-0.2, 0) is 11.3 Å². The molecule has 1 aliphatic heterocycles. The summed E-state index contributed by atoms with van der Waals surface area (Å²) >= 11 is 6.04. The molecule has 0 bridgehead atoms. The minimum absolute atomic E-state index is 0.0355. The van der Waals surface area contributed by atoms with E-state index in [0.29, 0.717) is 11.6 Å². The number of H-pyrrole nitrogens is 1. The zero-order chi connectivity index (χ0) is 19.5. The summed E-state index contributed by atoms with van der Waals surface area (Å²) in [5.74, 6) is 1.81. The third kappa shape index (κ3) is 4.07. The number of hydrogen-bond acceptors (Lipinski definition) is 4. The Morgan fingerprint density at radius 2 is 2.00 bits per heavy atom. The van der Waals surface area contributed by atoms with Crippen molar-refractivity contribution in [2.24, 2.45) is 5.92 Å². The quantitative estimate of drug-likeness (QED) is 0.686. The first-order valence-corrected chi connectivity index (χ1v) is 9.81. The number of fused-ring (bicyclic) bond motifs is 1. The van der Waals surface area contributed by atoms with Crippen molar-refractivity contribution >= 4 is 34.5 Å². The zero-order valence-corrected chi connectivity index (χ0v) is 16.5. The highest BCUT2D eigenvalue weighted by Gasteiger charge is 2.26. The van der Waals surface area contributed by atoms with E-state index in [9.17, 15) is 4.79 Å². The molecule has 0 atom stereocenters. The molecule has 1 fully saturated rings. The van der Waals surface area contributed by atoms with E-state index in [1.54, 1.807) is 7.11 Å². The Hall–Kier alpha value is -2.73. The van der Waals surface area contributed by atoms with Crippen LogP contribution in [0.3, 0.4) is 0 Å². The summed E-state index contributed by atoms with van der Waals surface area (Å²) in [5, 5.41) is 3.74. The van der Waals surface area contributed by atoms with Crippen LogP contribution in [0.15, 0.2) is 42.5 Å². The number of aromatic nitrogens is 2. The van der Waals surface area contributed by atoms with E-state index in [-0.39, 0.29) is 11.8 Å². The number of carbonyl (C=O) groups excluding carboxylic acids is 1. The van der Waals surface area contributed by atoms with Gasteiger partial charge in [0.25, 0.3) is 0 Å². The van der Waals surface area contributed by atoms with Crippen LogP contribution in [0.1, 0.15) is 18.4 Å². The average Bonchev–Trinajstić information content (AvgIpc) is 3.15. The fourth-order valence-corrected chi connectivity index (χ4v) is 3.72. The number of piperidine rings is 1. The molecule has 1 saturated heterocycles. The van der Waals surface area contributed by atoms with Gasteiger partial charge in [-0.2, -0.15) is 0 Å². The number of ether oxygens (including phenoxy) is 1. The Morgan fingerprint density at radius 3 is 2.71 bits per heavy atom. The first-order valence-electron chi connectivity index (χ1n) is 9.43. The number of nitrogens with zero attached hydrogens (tertiary/aromatic N) is 2. The molecule has 4 rings (SSSR count). The number of nitrogens with one attached hydrogen (secondary N) is 2. The van der Waals surface area contributed by atoms with E-state index in [1.165, 1.54) is 0 Å². The Bertz CT molecular complexity index is 962. The topological polar surface area (TPSA) is 70.2 Å². The van der Waals surface area contributed by atoms with Crippen LogP contribution in [0.25, 0.3) is 11.0 Å². The third-order valence-electron chi connectivity index (χ3n) is 5.22. The first kappa shape index (κ1) is 18.6. The standard InChI is InChI=1S/C21H23ClN4O2/c1-28-17-5-2-14(3-6-17)13-23-20(27)15-8-10-26(11-9-15)21-24-18-7-4-16(22)12-19(18)25-21/h2-7,12,15H,8-11,13H2,1H3,(H,23,27)(H,24,25). The van der Waals surface area contributed by atoms with Gasteiger partial charge >= 0.3 is 0 Å². The highest BCUT2D eigenvalue weighted by Crippen LogP contribution is 2.25. The lowest BCUT2D eigenvalue weighted by Gasteiger charge is -2.31. The van der Waals surface area contributed by atoms with Gasteiger partial charge in [0.15, 0.2) is 0 Å². The van der Waals surface area contributed by atoms with Crippen LogP contribution in [-0.4, -0.2) is 36.1 Å². The lowest BCUT2D eigenvalue weighted by molar-refractivity contribution is -0.125. The minimum Gasteiger partial charge on any atom is -0.497 e. The fourth-order valence-electron chi connectivity index (χ4n) is 3.55. The maximum absolute atomic E-state index is 12.5. The number of methoxy groups -OCH3 is 1. The molecule has 7 heteroatoms. The average molecular weight is 399 g/mol. The maximum Gasteiger partial charge on any atom is 0.223 e. The number of hydrogen-bond donors (Lipinski definition) is 2. The largest absolute Gasteiger partial charge is 0.497 e. The lowest BCUT2D eigenvalue weighted by Crippen LogP contribution is -2.40. The molecule has 0 aliphatic carbocycles. The van der Waals surface area contributed by atoms with Crippen molar-refractivity contribution in [2.45, 2.75) is 19.4 Å². The van der Waals surface area contributed by atoms with Gasteiger partial charge in [0.1, 0.15) is 5.75 Å². The molecule has 2 aromatic carbocycles. The summed E-state index contributed by atoms with van der Waals surface area (Å²) in [6.45, 7) is 2.13. The molecule has 0 spiro atoms. The van der Waals surface area contributed by atoms with E-state index in [1.807, 2.05) is 42.5 Å². The number of benzene rings is 2. The van der Waals surface area contributed by atoms with Crippen LogP contribution in [0.2, 0.25) is 5.02 Å². The van der Waals surface area contributed by atoms with E-state index in [0.717, 1.165) is 54.2 Å². The molecule has 6 nitrogen and oxygen atoms in total. The molecule has 1 aliphatic rings. The van der Waals surface area contributed by atoms with Gasteiger partial charge in [-0.15, -0.1) is 0 Å². The Morgan fingerprint density at radius 1 is 1.25 bits per heavy atom. The lowest BCUT2D eigenvalue weighted by atomic mass is 9.96. The number of imidazole rings is 1. The van der Waals surface area contributed by atoms with Crippen molar-refractivity contribution in [3.63, 3.8) is 0 Å². The summed E-state index contributed by atoms with van der Waals surface area (Å²) in [6, 6.07) is 13.4. The van der Waals surface area contributed by atoms with Gasteiger partial charge < -0.3 is 19.9 Å². The van der Waals surface area contributed by atoms with Gasteiger partial charge in [-0.3, -0.25) is 4.79 Å². The van der Waals surface area contributed by atoms with Crippen molar-refractivity contribution in [1.82, 2.24) is 15.3 Å². The molecular formula is C21H23ClN4O2. The summed E-state index contributed by atoms with van der Waals surface area (Å²) in [7, 11) is 1.64. The molecular weight excluding hydrogens is 376 g/mol. The van der Waals surface area contributed by atoms with Gasteiger partial charge in [0.2, 0.25) is 11.9 Å². The second kappa shape index (κ2) is 8.10. The van der Waals surface area contributed by atoms with E-state index in [4.69, 9.17) is 16.3 Å². The molecule has 0 unspecified atom stereocenters. The number of rotatable bonds is 5. The van der Waals surface area contributed by atoms with E-state index < -0.39 is 0 Å². The van der Waals surface area contributed by atoms with Crippen molar-refractivity contribution in [1.29, 1.82) is 0 Å². The number of halogens is 1. The molecule has 1 amide bonds. The number of aromatic amines is 1. The van der Waals surface area contributed by atoms with Gasteiger partial charge in [-0.1, -0.05) is 23.7 Å². The maximum atomic E-state index is 12.5. The Balaban J connectivity index is 1.30. The van der Waals surface area contributed by atoms with Crippen molar-refractivity contribution in [2.75, 3.05) is 25.1 Å². The summed E-state index contributed by atoms with van der Waals surface area (Å²) in [6.07, 6.45) is 1.62. The highest BCUT2D eigenvalue weighted by molar-refractivity contribution is 6.31. The molecule has 28 heavy (non-hydrogen) atoms. The predicted molar refractivity (Wildman–Crippen MR) is 111 cm³/mol. The van der Waals surface area contributed by atoms with Crippen molar-refractivity contribution < 1.29 is 9.53 Å². The zero-order valence-electron chi connectivity index (χ0n) is 15.7. The molecule has 146 valence electrons. The number of carbonyl (C=O) groups is 1. The van der Waals surface area contributed by atoms with Crippen molar-refractivity contribution in [3.8, 4) is 5.75 Å². The Labute approximate surface area is 168 Å². The summed E-state index contributed by atoms with van der Waals surface area (Å²) in [5.41, 5.74) is 2.90. The molecule has 0 saturated carbocycles. The van der Waals surface area contributed by atoms with E-state index >= 15 is 0 Å². The van der Waals surface area contributed by atoms with Gasteiger partial charge in [-0.25, -0.2) is 4.98 Å². The minimum atomic E-state index is 0.0355. The van der Waals surface area contributed by atoms with Crippen LogP contribution >= 0.6 is 11.6 Å². The molecule has 3 aromatic rings. The van der Waals surface area contributed by atoms with Crippen LogP contribution in [0, 0.1) is 5.92 Å². The number of anilines is 1. The smallest absolute Gasteiger partial charge is 0.223 e. The third-order valence-corrected chi connectivity index (χ3v) is 5.46. The monoisotopic (exact) mass is 398 g/mol. The number of amides is 1. The molecule has 1 aromatic heterocycles. The predicted octanol–water partition coefficient (Wildman–Crippen LogP) is 3.76. The first-order chi connectivity index (χ1) is 13.6. The highest BCUT2D eigenvalue weighted by atomic mass is 35.5. The second-order valence-electron chi connectivity index (χ2n) is 7.05. The van der Waals surface area contributed by atoms with Gasteiger partial charge in [0.05, 0.1) is 18.1 Å². The van der Waals surface area contributed by atoms with Gasteiger partial charge in [-0.05, 0) is 48.7 Å².